The molecular formula is C29H29N3O4. The molecule has 0 spiro atoms. The van der Waals surface area contributed by atoms with Gasteiger partial charge in [0.05, 0.1) is 17.0 Å². The lowest BCUT2D eigenvalue weighted by Crippen LogP contribution is -2.43. The Balaban J connectivity index is 1.53. The number of carboxylic acids is 1. The van der Waals surface area contributed by atoms with Gasteiger partial charge in [-0.15, -0.1) is 0 Å². The summed E-state index contributed by atoms with van der Waals surface area (Å²) >= 11 is 0. The molecule has 1 unspecified atom stereocenters. The molecule has 1 atom stereocenters. The van der Waals surface area contributed by atoms with Gasteiger partial charge in [-0.2, -0.15) is 0 Å². The van der Waals surface area contributed by atoms with E-state index in [0.717, 1.165) is 48.6 Å². The number of piperazine rings is 1. The Morgan fingerprint density at radius 1 is 1.06 bits per heavy atom. The van der Waals surface area contributed by atoms with Crippen molar-refractivity contribution in [3.05, 3.63) is 93.6 Å². The first-order valence-electron chi connectivity index (χ1n) is 12.1. The van der Waals surface area contributed by atoms with Crippen LogP contribution in [0.15, 0.2) is 75.9 Å². The van der Waals surface area contributed by atoms with Crippen molar-refractivity contribution in [2.24, 2.45) is 0 Å². The summed E-state index contributed by atoms with van der Waals surface area (Å²) in [5.74, 6) is -0.500. The Morgan fingerprint density at radius 3 is 2.50 bits per heavy atom. The third-order valence-electron chi connectivity index (χ3n) is 6.63. The number of rotatable bonds is 6. The molecule has 36 heavy (non-hydrogen) atoms. The molecule has 7 heteroatoms. The number of para-hydroxylation sites is 1. The predicted octanol–water partition coefficient (Wildman–Crippen LogP) is 5.05. The molecule has 1 saturated heterocycles. The van der Waals surface area contributed by atoms with E-state index in [-0.39, 0.29) is 17.0 Å². The Morgan fingerprint density at radius 2 is 1.78 bits per heavy atom. The number of benzene rings is 3. The number of hydrogen-bond acceptors (Lipinski definition) is 6. The third kappa shape index (κ3) is 4.70. The molecule has 4 aromatic rings. The van der Waals surface area contributed by atoms with Gasteiger partial charge in [-0.25, -0.2) is 4.79 Å². The van der Waals surface area contributed by atoms with Gasteiger partial charge in [-0.1, -0.05) is 18.2 Å². The summed E-state index contributed by atoms with van der Waals surface area (Å²) in [4.78, 5) is 27.1. The molecule has 1 aromatic heterocycles. The van der Waals surface area contributed by atoms with E-state index in [4.69, 9.17) is 4.42 Å². The maximum atomic E-state index is 13.1. The summed E-state index contributed by atoms with van der Waals surface area (Å²) in [6, 6.07) is 19.9. The van der Waals surface area contributed by atoms with Gasteiger partial charge < -0.3 is 25.1 Å². The zero-order valence-electron chi connectivity index (χ0n) is 20.4. The van der Waals surface area contributed by atoms with Crippen LogP contribution in [0.5, 0.6) is 0 Å². The van der Waals surface area contributed by atoms with Crippen molar-refractivity contribution in [3.8, 4) is 11.3 Å². The van der Waals surface area contributed by atoms with Crippen molar-refractivity contribution in [1.29, 1.82) is 0 Å². The lowest BCUT2D eigenvalue weighted by atomic mass is 10.00. The lowest BCUT2D eigenvalue weighted by Gasteiger charge is -2.29. The van der Waals surface area contributed by atoms with Crippen LogP contribution < -0.4 is 21.0 Å². The number of nitrogens with zero attached hydrogens (tertiary/aromatic N) is 1. The third-order valence-corrected chi connectivity index (χ3v) is 6.63. The lowest BCUT2D eigenvalue weighted by molar-refractivity contribution is 0.0698. The van der Waals surface area contributed by atoms with Crippen LogP contribution >= 0.6 is 0 Å². The summed E-state index contributed by atoms with van der Waals surface area (Å²) in [6.45, 7) is 7.72. The minimum absolute atomic E-state index is 0.111. The van der Waals surface area contributed by atoms with E-state index >= 15 is 0 Å². The van der Waals surface area contributed by atoms with Crippen LogP contribution in [0.25, 0.3) is 22.3 Å². The zero-order chi connectivity index (χ0) is 25.2. The summed E-state index contributed by atoms with van der Waals surface area (Å²) in [6.07, 6.45) is 0. The van der Waals surface area contributed by atoms with Crippen LogP contribution in [0.4, 0.5) is 11.4 Å². The van der Waals surface area contributed by atoms with E-state index in [9.17, 15) is 14.7 Å². The van der Waals surface area contributed by atoms with Gasteiger partial charge in [0.1, 0.15) is 11.3 Å². The Bertz CT molecular complexity index is 1470. The van der Waals surface area contributed by atoms with Crippen molar-refractivity contribution < 1.29 is 14.3 Å². The fourth-order valence-electron chi connectivity index (χ4n) is 4.76. The maximum Gasteiger partial charge on any atom is 0.337 e. The highest BCUT2D eigenvalue weighted by Gasteiger charge is 2.19. The number of carboxylic acid groups (broad SMARTS) is 1. The normalized spacial score (nSPS) is 14.6. The second kappa shape index (κ2) is 9.87. The second-order valence-electron chi connectivity index (χ2n) is 9.21. The van der Waals surface area contributed by atoms with Crippen molar-refractivity contribution in [2.45, 2.75) is 19.9 Å². The molecule has 3 aromatic carbocycles. The molecule has 7 nitrogen and oxygen atoms in total. The van der Waals surface area contributed by atoms with E-state index in [1.54, 1.807) is 30.3 Å². The van der Waals surface area contributed by atoms with E-state index in [0.29, 0.717) is 22.4 Å². The number of aryl methyl sites for hydroxylation is 1. The topological polar surface area (TPSA) is 94.8 Å². The van der Waals surface area contributed by atoms with Crippen molar-refractivity contribution >= 4 is 28.3 Å². The van der Waals surface area contributed by atoms with Gasteiger partial charge in [0.2, 0.25) is 0 Å². The molecule has 0 bridgehead atoms. The minimum atomic E-state index is -1.00. The number of nitrogens with one attached hydrogen (secondary N) is 2. The molecule has 2 heterocycles. The van der Waals surface area contributed by atoms with E-state index in [1.165, 1.54) is 0 Å². The Hall–Kier alpha value is -4.10. The van der Waals surface area contributed by atoms with Crippen LogP contribution in [-0.4, -0.2) is 37.3 Å². The molecule has 0 radical (unpaired) electrons. The summed E-state index contributed by atoms with van der Waals surface area (Å²) in [5, 5.41) is 16.7. The first kappa shape index (κ1) is 23.6. The number of carbonyl (C=O) groups is 1. The van der Waals surface area contributed by atoms with E-state index < -0.39 is 5.97 Å². The smallest absolute Gasteiger partial charge is 0.337 e. The second-order valence-corrected chi connectivity index (χ2v) is 9.21. The van der Waals surface area contributed by atoms with Gasteiger partial charge in [0, 0.05) is 54.7 Å². The van der Waals surface area contributed by atoms with Gasteiger partial charge >= 0.3 is 5.97 Å². The monoisotopic (exact) mass is 483 g/mol. The molecule has 1 aliphatic rings. The number of hydrogen-bond donors (Lipinski definition) is 3. The average Bonchev–Trinajstić information content (AvgIpc) is 2.89. The standard InChI is InChI=1S/C29H29N3O4/c1-18-15-23(19(2)31-25-6-4-3-5-22(25)29(34)35)28-24(16-18)26(33)17-27(36-28)20-7-9-21(10-8-20)32-13-11-30-12-14-32/h3-10,15-17,19,30-31H,11-14H2,1-2H3,(H,34,35). The number of fused-ring (bicyclic) bond motifs is 1. The molecule has 3 N–H and O–H groups in total. The number of aromatic carboxylic acids is 1. The van der Waals surface area contributed by atoms with Gasteiger partial charge in [-0.3, -0.25) is 4.79 Å². The van der Waals surface area contributed by atoms with Crippen LogP contribution in [0.1, 0.15) is 34.5 Å². The first-order valence-corrected chi connectivity index (χ1v) is 12.1. The van der Waals surface area contributed by atoms with Crippen molar-refractivity contribution in [2.75, 3.05) is 36.4 Å². The molecule has 0 amide bonds. The van der Waals surface area contributed by atoms with E-state index in [1.807, 2.05) is 38.1 Å². The van der Waals surface area contributed by atoms with Crippen LogP contribution in [0, 0.1) is 6.92 Å². The predicted molar refractivity (Wildman–Crippen MR) is 143 cm³/mol. The van der Waals surface area contributed by atoms with Gasteiger partial charge in [0.25, 0.3) is 0 Å². The first-order chi connectivity index (χ1) is 17.4. The molecule has 1 aliphatic heterocycles. The molecule has 0 saturated carbocycles. The molecule has 0 aliphatic carbocycles. The fraction of sp³-hybridized carbons (Fsp3) is 0.241. The number of anilines is 2. The molecule has 1 fully saturated rings. The van der Waals surface area contributed by atoms with Gasteiger partial charge in [0.15, 0.2) is 5.43 Å². The molecular weight excluding hydrogens is 454 g/mol. The van der Waals surface area contributed by atoms with Crippen LogP contribution in [0.2, 0.25) is 0 Å². The largest absolute Gasteiger partial charge is 0.478 e. The highest BCUT2D eigenvalue weighted by Crippen LogP contribution is 2.32. The van der Waals surface area contributed by atoms with Crippen LogP contribution in [0.3, 0.4) is 0 Å². The fourth-order valence-corrected chi connectivity index (χ4v) is 4.76. The Labute approximate surface area is 209 Å². The van der Waals surface area contributed by atoms with Crippen molar-refractivity contribution in [1.82, 2.24) is 5.32 Å². The van der Waals surface area contributed by atoms with E-state index in [2.05, 4.69) is 27.7 Å². The maximum absolute atomic E-state index is 13.1. The van der Waals surface area contributed by atoms with Crippen LogP contribution in [-0.2, 0) is 0 Å². The summed E-state index contributed by atoms with van der Waals surface area (Å²) in [7, 11) is 0. The van der Waals surface area contributed by atoms with Crippen molar-refractivity contribution in [3.63, 3.8) is 0 Å². The highest BCUT2D eigenvalue weighted by atomic mass is 16.4. The summed E-state index contributed by atoms with van der Waals surface area (Å²) < 4.78 is 6.36. The Kier molecular flexibility index (Phi) is 6.48. The van der Waals surface area contributed by atoms with Gasteiger partial charge in [-0.05, 0) is 61.9 Å². The molecule has 184 valence electrons. The molecule has 5 rings (SSSR count). The summed E-state index contributed by atoms with van der Waals surface area (Å²) in [5.41, 5.74) is 4.79. The quantitative estimate of drug-likeness (QED) is 0.353. The zero-order valence-corrected chi connectivity index (χ0v) is 20.4. The SMILES string of the molecule is Cc1cc(C(C)Nc2ccccc2C(=O)O)c2oc(-c3ccc(N4CCNCC4)cc3)cc(=O)c2c1. The highest BCUT2D eigenvalue weighted by molar-refractivity contribution is 5.94. The minimum Gasteiger partial charge on any atom is -0.478 e. The average molecular weight is 484 g/mol.